The molecular formula is C63H154N6O10. The monoisotopic (exact) mass is 1160 g/mol. The van der Waals surface area contributed by atoms with Crippen molar-refractivity contribution in [3.05, 3.63) is 24.8 Å². The van der Waals surface area contributed by atoms with E-state index in [4.69, 9.17) is 25.1 Å². The van der Waals surface area contributed by atoms with Crippen LogP contribution in [-0.2, 0) is 19.3 Å². The average molecular weight is 1160 g/mol. The molecule has 16 nitrogen and oxygen atoms in total. The smallest absolute Gasteiger partial charge is 0.296 e. The number of carbonyl (C=O) groups excluding carboxylic acids is 3. The second-order valence-electron chi connectivity index (χ2n) is 22.4. The van der Waals surface area contributed by atoms with Crippen LogP contribution in [0.4, 0.5) is 0 Å². The molecule has 0 aliphatic carbocycles. The summed E-state index contributed by atoms with van der Waals surface area (Å²) in [5, 5.41) is 26.6. The van der Waals surface area contributed by atoms with E-state index in [-0.39, 0.29) is 46.1 Å². The van der Waals surface area contributed by atoms with Crippen LogP contribution in [0.15, 0.2) is 24.8 Å². The van der Waals surface area contributed by atoms with Crippen molar-refractivity contribution in [1.29, 1.82) is 0 Å². The molecule has 0 heterocycles. The number of carboxylic acid groups (broad SMARTS) is 2. The SMILES string of the molecule is C.C.C.C.C=CC[N+](C)(C)C.CC(=O)O[O-].CC(=O)[O-].CC(=O)[O-].CC(C)C[N+](C)(C)C.CCC=CC[N+](C)(C)C.CCCC[N+](CCCC)(CCCC)CCCC.CC[N+](CC)(CC)CC.CC[N+](CC)(CC)CC.[OH-].[OH-].[OH-]. The molecule has 496 valence electrons. The summed E-state index contributed by atoms with van der Waals surface area (Å²) >= 11 is 0. The second-order valence-corrected chi connectivity index (χ2v) is 22.4. The summed E-state index contributed by atoms with van der Waals surface area (Å²) in [4.78, 5) is 29.9. The lowest BCUT2D eigenvalue weighted by molar-refractivity contribution is -0.929. The molecule has 0 unspecified atom stereocenters. The van der Waals surface area contributed by atoms with E-state index in [0.717, 1.165) is 59.6 Å². The molecule has 0 saturated carbocycles. The number of allylic oxidation sites excluding steroid dienone is 1. The first-order valence-electron chi connectivity index (χ1n) is 28.4. The van der Waals surface area contributed by atoms with Gasteiger partial charge in [0.1, 0.15) is 0 Å². The van der Waals surface area contributed by atoms with Crippen LogP contribution in [0.1, 0.15) is 212 Å². The highest BCUT2D eigenvalue weighted by Crippen LogP contribution is 2.16. The highest BCUT2D eigenvalue weighted by Gasteiger charge is 2.25. The van der Waals surface area contributed by atoms with Crippen LogP contribution in [0.2, 0.25) is 0 Å². The molecule has 0 amide bonds. The topological polar surface area (TPSA) is 220 Å². The average Bonchev–Trinajstić information content (AvgIpc) is 3.27. The fourth-order valence-corrected chi connectivity index (χ4v) is 7.37. The molecule has 0 rings (SSSR count). The minimum Gasteiger partial charge on any atom is -0.870 e. The number of unbranched alkanes of at least 4 members (excludes halogenated alkanes) is 4. The van der Waals surface area contributed by atoms with Crippen LogP contribution in [-0.4, -0.2) is 223 Å². The van der Waals surface area contributed by atoms with Gasteiger partial charge >= 0.3 is 0 Å². The van der Waals surface area contributed by atoms with Gasteiger partial charge in [-0.3, -0.25) is 4.79 Å². The Labute approximate surface area is 498 Å². The van der Waals surface area contributed by atoms with Crippen molar-refractivity contribution in [3.8, 4) is 0 Å². The molecule has 0 aromatic carbocycles. The van der Waals surface area contributed by atoms with E-state index in [2.05, 4.69) is 191 Å². The van der Waals surface area contributed by atoms with Crippen molar-refractivity contribution in [1.82, 2.24) is 0 Å². The molecule has 0 aromatic rings. The number of nitrogens with zero attached hydrogens (tertiary/aromatic N) is 6. The van der Waals surface area contributed by atoms with Gasteiger partial charge in [-0.2, -0.15) is 0 Å². The van der Waals surface area contributed by atoms with Gasteiger partial charge in [0.15, 0.2) is 0 Å². The Balaban J connectivity index is -0.0000000413. The lowest BCUT2D eigenvalue weighted by atomic mass is 10.1. The van der Waals surface area contributed by atoms with Crippen molar-refractivity contribution >= 4 is 17.9 Å². The number of hydrogen-bond acceptors (Lipinski definition) is 10. The van der Waals surface area contributed by atoms with Gasteiger partial charge in [0.25, 0.3) is 5.97 Å². The highest BCUT2D eigenvalue weighted by atomic mass is 17.1. The van der Waals surface area contributed by atoms with Crippen molar-refractivity contribution in [2.24, 2.45) is 5.92 Å². The Bertz CT molecular complexity index is 1070. The third kappa shape index (κ3) is 119. The highest BCUT2D eigenvalue weighted by molar-refractivity contribution is 5.64. The Hall–Kier alpha value is -2.51. The molecule has 0 radical (unpaired) electrons. The zero-order valence-corrected chi connectivity index (χ0v) is 55.4. The third-order valence-electron chi connectivity index (χ3n) is 12.1. The zero-order chi connectivity index (χ0) is 59.1. The van der Waals surface area contributed by atoms with Crippen LogP contribution in [0.5, 0.6) is 0 Å². The maximum absolute atomic E-state index is 9.28. The van der Waals surface area contributed by atoms with Crippen molar-refractivity contribution in [3.63, 3.8) is 0 Å². The molecule has 0 saturated heterocycles. The quantitative estimate of drug-likeness (QED) is 0.0328. The predicted octanol–water partition coefficient (Wildman–Crippen LogP) is 11.0. The molecule has 0 aliphatic rings. The number of likely N-dealkylation sites (N-methyl/N-ethyl adjacent to an activating group) is 2. The van der Waals surface area contributed by atoms with E-state index < -0.39 is 17.9 Å². The summed E-state index contributed by atoms with van der Waals surface area (Å²) < 4.78 is 7.06. The molecule has 0 fully saturated rings. The van der Waals surface area contributed by atoms with E-state index in [1.165, 1.54) is 150 Å². The number of carbonyl (C=O) groups is 3. The molecule has 0 aromatic heterocycles. The van der Waals surface area contributed by atoms with Gasteiger partial charge in [0.05, 0.1) is 162 Å². The van der Waals surface area contributed by atoms with Crippen LogP contribution in [0.3, 0.4) is 0 Å². The first kappa shape index (κ1) is 119. The van der Waals surface area contributed by atoms with E-state index in [1.807, 2.05) is 6.08 Å². The summed E-state index contributed by atoms with van der Waals surface area (Å²) in [5.41, 5.74) is 0. The zero-order valence-electron chi connectivity index (χ0n) is 55.4. The Morgan fingerprint density at radius 1 is 0.443 bits per heavy atom. The molecule has 0 atom stereocenters. The number of rotatable bonds is 27. The molecular weight excluding hydrogens is 1000 g/mol. The first-order valence-corrected chi connectivity index (χ1v) is 28.4. The van der Waals surface area contributed by atoms with Gasteiger partial charge in [-0.1, -0.05) is 117 Å². The predicted molar refractivity (Wildman–Crippen MR) is 343 cm³/mol. The molecule has 3 N–H and O–H groups in total. The van der Waals surface area contributed by atoms with Crippen molar-refractivity contribution in [2.75, 3.05) is 162 Å². The van der Waals surface area contributed by atoms with Gasteiger partial charge in [0, 0.05) is 24.8 Å². The van der Waals surface area contributed by atoms with Crippen LogP contribution in [0.25, 0.3) is 0 Å². The summed E-state index contributed by atoms with van der Waals surface area (Å²) in [6.45, 7) is 60.2. The minimum absolute atomic E-state index is 0. The fraction of sp³-hybridized carbons (Fsp3) is 0.889. The normalized spacial score (nSPS) is 10.1. The van der Waals surface area contributed by atoms with Crippen LogP contribution < -0.4 is 15.5 Å². The minimum atomic E-state index is -1.08. The number of hydrogen-bond donors (Lipinski definition) is 0. The van der Waals surface area contributed by atoms with Gasteiger partial charge in [0.2, 0.25) is 0 Å². The fourth-order valence-electron chi connectivity index (χ4n) is 7.37. The molecule has 0 aliphatic heterocycles. The molecule has 79 heavy (non-hydrogen) atoms. The first-order chi connectivity index (χ1) is 33.0. The Kier molecular flexibility index (Phi) is 117. The number of aliphatic carboxylic acids is 2. The van der Waals surface area contributed by atoms with Crippen LogP contribution in [0, 0.1) is 5.92 Å². The Morgan fingerprint density at radius 3 is 0.734 bits per heavy atom. The van der Waals surface area contributed by atoms with Crippen molar-refractivity contribution < 1.29 is 78.1 Å². The summed E-state index contributed by atoms with van der Waals surface area (Å²) in [7, 11) is 19.7. The summed E-state index contributed by atoms with van der Waals surface area (Å²) in [5.74, 6) is -2.15. The van der Waals surface area contributed by atoms with E-state index >= 15 is 0 Å². The van der Waals surface area contributed by atoms with Gasteiger partial charge in [-0.15, -0.1) is 0 Å². The van der Waals surface area contributed by atoms with Crippen molar-refractivity contribution in [2.45, 2.75) is 212 Å². The molecule has 0 spiro atoms. The van der Waals surface area contributed by atoms with E-state index in [9.17, 15) is 4.79 Å². The van der Waals surface area contributed by atoms with Gasteiger partial charge in [-0.25, -0.2) is 0 Å². The van der Waals surface area contributed by atoms with E-state index in [0.29, 0.717) is 0 Å². The number of quaternary nitrogens is 6. The largest absolute Gasteiger partial charge is 0.870 e. The standard InChI is InChI=1S/C16H36N.C8H18N.2C8H20N.C7H18N.C6H14N.C2H4O3.2C2H4O2.4CH4.3H2O/c1-5-9-13-17(14-10-6-2,15-11-7-3)16-12-8-4;1-5-6-7-8-9(2,3)4;2*1-5-9(6-2,7-3)8-4;1-7(2)6-8(3,4)5;1-5-6-7(2,3)4;1-2(3)5-4;2*1-2(3)4;;;;;;;/h5-16H2,1-4H3;6-7H,5,8H2,1-4H3;2*5-8H2,1-4H3;7H,6H2,1-5H3;5H,1,6H2,2-4H3;4H,1H3;2*1H3,(H,3,4);4*1H4;3*1H2/q6*+1;;;;;;;;;;/p-6. The maximum Gasteiger partial charge on any atom is 0.296 e. The molecule has 16 heteroatoms. The second kappa shape index (κ2) is 77.6. The number of carboxylic acids is 2. The lowest BCUT2D eigenvalue weighted by Gasteiger charge is -2.39. The van der Waals surface area contributed by atoms with Gasteiger partial charge < -0.3 is 73.3 Å². The molecule has 0 bridgehead atoms. The maximum atomic E-state index is 9.28. The van der Waals surface area contributed by atoms with E-state index in [1.54, 1.807) is 0 Å². The Morgan fingerprint density at radius 2 is 0.658 bits per heavy atom. The lowest BCUT2D eigenvalue weighted by Crippen LogP contribution is -2.50. The summed E-state index contributed by atoms with van der Waals surface area (Å²) in [6.07, 6.45) is 18.6. The summed E-state index contributed by atoms with van der Waals surface area (Å²) in [6, 6.07) is 0. The van der Waals surface area contributed by atoms with Crippen LogP contribution >= 0.6 is 0 Å². The third-order valence-corrected chi connectivity index (χ3v) is 12.1. The van der Waals surface area contributed by atoms with Gasteiger partial charge in [-0.05, 0) is 113 Å².